The van der Waals surface area contributed by atoms with Gasteiger partial charge in [-0.25, -0.2) is 4.79 Å². The summed E-state index contributed by atoms with van der Waals surface area (Å²) in [6.07, 6.45) is 2.66. The van der Waals surface area contributed by atoms with Gasteiger partial charge in [-0.3, -0.25) is 0 Å². The third-order valence-electron chi connectivity index (χ3n) is 1.27. The van der Waals surface area contributed by atoms with Crippen molar-refractivity contribution in [1.82, 2.24) is 0 Å². The van der Waals surface area contributed by atoms with Gasteiger partial charge in [0.2, 0.25) is 0 Å². The van der Waals surface area contributed by atoms with Crippen molar-refractivity contribution >= 4 is 28.0 Å². The van der Waals surface area contributed by atoms with Crippen molar-refractivity contribution in [2.24, 2.45) is 0 Å². The van der Waals surface area contributed by atoms with Gasteiger partial charge in [0.05, 0.1) is 0 Å². The van der Waals surface area contributed by atoms with E-state index in [0.717, 1.165) is 16.1 Å². The molecular formula is C9H7AgBrO2. The van der Waals surface area contributed by atoms with Crippen molar-refractivity contribution in [2.45, 2.75) is 0 Å². The molecule has 0 aliphatic rings. The van der Waals surface area contributed by atoms with Crippen LogP contribution in [0.4, 0.5) is 0 Å². The molecule has 0 aromatic heterocycles. The Bertz CT molecular complexity index is 323. The van der Waals surface area contributed by atoms with Crippen molar-refractivity contribution in [3.8, 4) is 0 Å². The van der Waals surface area contributed by atoms with E-state index in [1.54, 1.807) is 6.08 Å². The zero-order valence-corrected chi connectivity index (χ0v) is 9.57. The maximum atomic E-state index is 10.2. The van der Waals surface area contributed by atoms with Gasteiger partial charge in [-0.1, -0.05) is 28.1 Å². The molecule has 1 aromatic rings. The SMILES string of the molecule is O=C(O)C=Cc1cccc(Br)c1.[Ag]. The molecule has 1 radical (unpaired) electrons. The van der Waals surface area contributed by atoms with E-state index in [2.05, 4.69) is 15.9 Å². The van der Waals surface area contributed by atoms with Crippen molar-refractivity contribution in [2.75, 3.05) is 0 Å². The van der Waals surface area contributed by atoms with Crippen LogP contribution in [0.3, 0.4) is 0 Å². The van der Waals surface area contributed by atoms with Crippen LogP contribution in [0.2, 0.25) is 0 Å². The number of carbonyl (C=O) groups is 1. The van der Waals surface area contributed by atoms with Crippen molar-refractivity contribution < 1.29 is 32.3 Å². The molecule has 0 saturated carbocycles. The first-order valence-electron chi connectivity index (χ1n) is 3.35. The van der Waals surface area contributed by atoms with E-state index in [4.69, 9.17) is 5.11 Å². The normalized spacial score (nSPS) is 9.62. The van der Waals surface area contributed by atoms with Gasteiger partial charge in [-0.05, 0) is 23.8 Å². The maximum absolute atomic E-state index is 10.2. The zero-order chi connectivity index (χ0) is 8.97. The molecule has 0 unspecified atom stereocenters. The molecule has 0 saturated heterocycles. The summed E-state index contributed by atoms with van der Waals surface area (Å²) in [6, 6.07) is 7.42. The first-order valence-corrected chi connectivity index (χ1v) is 4.14. The van der Waals surface area contributed by atoms with Crippen LogP contribution in [0.25, 0.3) is 6.08 Å². The molecule has 0 spiro atoms. The fourth-order valence-electron chi connectivity index (χ4n) is 0.778. The van der Waals surface area contributed by atoms with Crippen LogP contribution in [0.5, 0.6) is 0 Å². The number of hydrogen-bond donors (Lipinski definition) is 1. The second-order valence-corrected chi connectivity index (χ2v) is 3.14. The summed E-state index contributed by atoms with van der Waals surface area (Å²) in [5.41, 5.74) is 0.867. The van der Waals surface area contributed by atoms with Crippen LogP contribution >= 0.6 is 15.9 Å². The first kappa shape index (κ1) is 12.7. The summed E-state index contributed by atoms with van der Waals surface area (Å²) < 4.78 is 0.940. The van der Waals surface area contributed by atoms with E-state index >= 15 is 0 Å². The predicted octanol–water partition coefficient (Wildman–Crippen LogP) is 2.54. The Kier molecular flexibility index (Phi) is 5.99. The fraction of sp³-hybridized carbons (Fsp3) is 0. The molecule has 1 rings (SSSR count). The topological polar surface area (TPSA) is 37.3 Å². The van der Waals surface area contributed by atoms with E-state index in [1.165, 1.54) is 0 Å². The molecule has 0 aliphatic heterocycles. The van der Waals surface area contributed by atoms with Crippen LogP contribution in [-0.4, -0.2) is 11.1 Å². The second-order valence-electron chi connectivity index (χ2n) is 2.23. The smallest absolute Gasteiger partial charge is 0.328 e. The molecule has 0 atom stereocenters. The predicted molar refractivity (Wildman–Crippen MR) is 50.8 cm³/mol. The van der Waals surface area contributed by atoms with E-state index in [0.29, 0.717) is 0 Å². The minimum Gasteiger partial charge on any atom is -0.478 e. The number of rotatable bonds is 2. The largest absolute Gasteiger partial charge is 0.478 e. The third kappa shape index (κ3) is 5.06. The van der Waals surface area contributed by atoms with Gasteiger partial charge in [0.1, 0.15) is 0 Å². The molecular weight excluding hydrogens is 328 g/mol. The van der Waals surface area contributed by atoms with Gasteiger partial charge in [-0.2, -0.15) is 0 Å². The summed E-state index contributed by atoms with van der Waals surface area (Å²) >= 11 is 3.29. The Morgan fingerprint density at radius 1 is 1.46 bits per heavy atom. The van der Waals surface area contributed by atoms with Crippen LogP contribution in [0, 0.1) is 0 Å². The van der Waals surface area contributed by atoms with Gasteiger partial charge >= 0.3 is 5.97 Å². The average molecular weight is 335 g/mol. The van der Waals surface area contributed by atoms with Gasteiger partial charge in [-0.15, -0.1) is 0 Å². The van der Waals surface area contributed by atoms with Crippen molar-refractivity contribution in [1.29, 1.82) is 0 Å². The van der Waals surface area contributed by atoms with Crippen LogP contribution < -0.4 is 0 Å². The van der Waals surface area contributed by atoms with Crippen molar-refractivity contribution in [3.05, 3.63) is 40.4 Å². The summed E-state index contributed by atoms with van der Waals surface area (Å²) in [5, 5.41) is 8.35. The molecule has 0 fully saturated rings. The summed E-state index contributed by atoms with van der Waals surface area (Å²) in [5.74, 6) is -0.935. The van der Waals surface area contributed by atoms with E-state index < -0.39 is 5.97 Å². The number of aliphatic carboxylic acids is 1. The minimum atomic E-state index is -0.935. The Morgan fingerprint density at radius 2 is 2.15 bits per heavy atom. The van der Waals surface area contributed by atoms with Gasteiger partial charge in [0.25, 0.3) is 0 Å². The molecule has 0 aliphatic carbocycles. The number of carboxylic acids is 1. The maximum Gasteiger partial charge on any atom is 0.328 e. The number of hydrogen-bond acceptors (Lipinski definition) is 1. The Labute approximate surface area is 100 Å². The number of benzene rings is 1. The summed E-state index contributed by atoms with van der Waals surface area (Å²) in [6.45, 7) is 0. The second kappa shape index (κ2) is 6.16. The molecule has 0 bridgehead atoms. The van der Waals surface area contributed by atoms with Crippen LogP contribution in [-0.2, 0) is 27.2 Å². The van der Waals surface area contributed by atoms with Crippen LogP contribution in [0.15, 0.2) is 34.8 Å². The van der Waals surface area contributed by atoms with Gasteiger partial charge in [0, 0.05) is 32.9 Å². The van der Waals surface area contributed by atoms with Gasteiger partial charge < -0.3 is 5.11 Å². The summed E-state index contributed by atoms with van der Waals surface area (Å²) in [7, 11) is 0. The minimum absolute atomic E-state index is 0. The average Bonchev–Trinajstić information content (AvgIpc) is 2.01. The molecule has 1 aromatic carbocycles. The van der Waals surface area contributed by atoms with Crippen LogP contribution in [0.1, 0.15) is 5.56 Å². The Hall–Kier alpha value is -0.350. The molecule has 1 N–H and O–H groups in total. The molecule has 0 heterocycles. The number of carboxylic acid groups (broad SMARTS) is 1. The third-order valence-corrected chi connectivity index (χ3v) is 1.76. The Balaban J connectivity index is 0.00000144. The monoisotopic (exact) mass is 333 g/mol. The van der Waals surface area contributed by atoms with E-state index in [1.807, 2.05) is 24.3 Å². The number of halogens is 1. The fourth-order valence-corrected chi connectivity index (χ4v) is 1.19. The molecule has 13 heavy (non-hydrogen) atoms. The van der Waals surface area contributed by atoms with Gasteiger partial charge in [0.15, 0.2) is 0 Å². The zero-order valence-electron chi connectivity index (χ0n) is 6.50. The molecule has 4 heteroatoms. The van der Waals surface area contributed by atoms with E-state index in [9.17, 15) is 4.79 Å². The quantitative estimate of drug-likeness (QED) is 0.666. The standard InChI is InChI=1S/C9H7BrO2.Ag/c10-8-3-1-2-7(6-8)4-5-9(11)12;/h1-6H,(H,11,12);. The van der Waals surface area contributed by atoms with E-state index in [-0.39, 0.29) is 22.4 Å². The Morgan fingerprint density at radius 3 is 2.69 bits per heavy atom. The molecule has 0 amide bonds. The summed E-state index contributed by atoms with van der Waals surface area (Å²) in [4.78, 5) is 10.2. The van der Waals surface area contributed by atoms with Crippen molar-refractivity contribution in [3.63, 3.8) is 0 Å². The molecule has 73 valence electrons. The molecule has 2 nitrogen and oxygen atoms in total. The first-order chi connectivity index (χ1) is 5.68.